The first-order chi connectivity index (χ1) is 12.5. The van der Waals surface area contributed by atoms with Gasteiger partial charge in [-0.05, 0) is 48.9 Å². The number of fused-ring (bicyclic) bond motifs is 1. The largest absolute Gasteiger partial charge is 0.497 e. The molecule has 1 aromatic heterocycles. The lowest BCUT2D eigenvalue weighted by Crippen LogP contribution is -2.30. The highest BCUT2D eigenvalue weighted by molar-refractivity contribution is 5.97. The second-order valence-corrected chi connectivity index (χ2v) is 5.82. The van der Waals surface area contributed by atoms with Gasteiger partial charge in [-0.25, -0.2) is 4.79 Å². The Morgan fingerprint density at radius 2 is 1.65 bits per heavy atom. The van der Waals surface area contributed by atoms with Crippen LogP contribution in [0.4, 0.5) is 0 Å². The molecule has 1 atom stereocenters. The summed E-state index contributed by atoms with van der Waals surface area (Å²) in [6, 6.07) is 13.6. The van der Waals surface area contributed by atoms with Gasteiger partial charge in [0, 0.05) is 5.39 Å². The Kier molecular flexibility index (Phi) is 4.93. The summed E-state index contributed by atoms with van der Waals surface area (Å²) in [7, 11) is 3.14. The molecule has 2 aromatic carbocycles. The van der Waals surface area contributed by atoms with Crippen molar-refractivity contribution >= 4 is 16.9 Å². The quantitative estimate of drug-likeness (QED) is 0.712. The van der Waals surface area contributed by atoms with Gasteiger partial charge in [-0.3, -0.25) is 4.79 Å². The molecule has 0 saturated heterocycles. The first-order valence-corrected chi connectivity index (χ1v) is 8.08. The summed E-state index contributed by atoms with van der Waals surface area (Å²) in [4.78, 5) is 24.7. The molecule has 3 aromatic rings. The zero-order valence-electron chi connectivity index (χ0n) is 14.7. The van der Waals surface area contributed by atoms with Crippen molar-refractivity contribution in [2.75, 3.05) is 14.2 Å². The van der Waals surface area contributed by atoms with Crippen molar-refractivity contribution in [1.82, 2.24) is 5.32 Å². The minimum Gasteiger partial charge on any atom is -0.497 e. The van der Waals surface area contributed by atoms with Gasteiger partial charge in [0.05, 0.1) is 20.3 Å². The van der Waals surface area contributed by atoms with Crippen molar-refractivity contribution in [1.29, 1.82) is 0 Å². The van der Waals surface area contributed by atoms with Gasteiger partial charge in [0.15, 0.2) is 0 Å². The second-order valence-electron chi connectivity index (χ2n) is 5.82. The zero-order chi connectivity index (χ0) is 18.7. The van der Waals surface area contributed by atoms with Crippen molar-refractivity contribution < 1.29 is 18.7 Å². The van der Waals surface area contributed by atoms with Crippen molar-refractivity contribution in [2.45, 2.75) is 13.0 Å². The zero-order valence-corrected chi connectivity index (χ0v) is 14.7. The highest BCUT2D eigenvalue weighted by Crippen LogP contribution is 2.21. The van der Waals surface area contributed by atoms with Gasteiger partial charge in [0.1, 0.15) is 22.6 Å². The fraction of sp³-hybridized carbons (Fsp3) is 0.200. The third kappa shape index (κ3) is 3.54. The first kappa shape index (κ1) is 17.5. The molecule has 1 heterocycles. The van der Waals surface area contributed by atoms with E-state index in [2.05, 4.69) is 5.32 Å². The summed E-state index contributed by atoms with van der Waals surface area (Å²) >= 11 is 0. The molecule has 0 aliphatic rings. The average molecular weight is 353 g/mol. The highest BCUT2D eigenvalue weighted by atomic mass is 16.5. The molecular weight excluding hydrogens is 334 g/mol. The molecule has 6 nitrogen and oxygen atoms in total. The summed E-state index contributed by atoms with van der Waals surface area (Å²) in [5.74, 6) is 0.854. The van der Waals surface area contributed by atoms with Crippen molar-refractivity contribution in [3.8, 4) is 11.5 Å². The number of carbonyl (C=O) groups excluding carboxylic acids is 1. The van der Waals surface area contributed by atoms with E-state index in [4.69, 9.17) is 13.9 Å². The third-order valence-corrected chi connectivity index (χ3v) is 4.15. The molecule has 0 aliphatic heterocycles. The topological polar surface area (TPSA) is 77.8 Å². The van der Waals surface area contributed by atoms with Gasteiger partial charge in [0.25, 0.3) is 5.91 Å². The molecule has 0 unspecified atom stereocenters. The van der Waals surface area contributed by atoms with E-state index in [0.29, 0.717) is 16.7 Å². The van der Waals surface area contributed by atoms with Gasteiger partial charge in [-0.15, -0.1) is 0 Å². The number of hydrogen-bond donors (Lipinski definition) is 1. The molecule has 134 valence electrons. The molecule has 0 fully saturated rings. The van der Waals surface area contributed by atoms with E-state index in [-0.39, 0.29) is 11.6 Å². The first-order valence-electron chi connectivity index (χ1n) is 8.08. The lowest BCUT2D eigenvalue weighted by Gasteiger charge is -2.14. The van der Waals surface area contributed by atoms with Crippen LogP contribution in [-0.4, -0.2) is 20.1 Å². The minimum absolute atomic E-state index is 0.0499. The molecule has 0 saturated carbocycles. The van der Waals surface area contributed by atoms with Crippen LogP contribution in [0.2, 0.25) is 0 Å². The maximum Gasteiger partial charge on any atom is 0.349 e. The van der Waals surface area contributed by atoms with Crippen molar-refractivity contribution in [3.05, 3.63) is 70.1 Å². The molecule has 0 spiro atoms. The summed E-state index contributed by atoms with van der Waals surface area (Å²) < 4.78 is 15.5. The third-order valence-electron chi connectivity index (χ3n) is 4.15. The number of rotatable bonds is 5. The smallest absolute Gasteiger partial charge is 0.349 e. The Morgan fingerprint density at radius 1 is 1.00 bits per heavy atom. The van der Waals surface area contributed by atoms with Crippen LogP contribution in [0, 0.1) is 0 Å². The molecule has 26 heavy (non-hydrogen) atoms. The standard InChI is InChI=1S/C20H19NO5/c1-12(13-4-6-15(24-2)7-5-13)21-19(22)17-11-14-10-16(25-3)8-9-18(14)26-20(17)23/h4-12H,1-3H3,(H,21,22)/t12-/m1/s1. The molecule has 1 N–H and O–H groups in total. The van der Waals surface area contributed by atoms with Gasteiger partial charge in [-0.1, -0.05) is 12.1 Å². The summed E-state index contributed by atoms with van der Waals surface area (Å²) in [5.41, 5.74) is 0.565. The minimum atomic E-state index is -0.679. The molecular formula is C20H19NO5. The van der Waals surface area contributed by atoms with Crippen LogP contribution in [-0.2, 0) is 0 Å². The Balaban J connectivity index is 1.86. The van der Waals surface area contributed by atoms with Crippen LogP contribution in [0.15, 0.2) is 57.7 Å². The Labute approximate surface area is 150 Å². The number of benzene rings is 2. The molecule has 6 heteroatoms. The van der Waals surface area contributed by atoms with E-state index in [1.165, 1.54) is 6.07 Å². The monoisotopic (exact) mass is 353 g/mol. The predicted molar refractivity (Wildman–Crippen MR) is 97.9 cm³/mol. The molecule has 3 rings (SSSR count). The molecule has 0 aliphatic carbocycles. The van der Waals surface area contributed by atoms with E-state index >= 15 is 0 Å². The van der Waals surface area contributed by atoms with Crippen LogP contribution >= 0.6 is 0 Å². The SMILES string of the molecule is COc1ccc([C@@H](C)NC(=O)c2cc3cc(OC)ccc3oc2=O)cc1. The van der Waals surface area contributed by atoms with Gasteiger partial charge >= 0.3 is 5.63 Å². The van der Waals surface area contributed by atoms with Gasteiger partial charge in [0.2, 0.25) is 0 Å². The van der Waals surface area contributed by atoms with E-state index in [1.54, 1.807) is 32.4 Å². The van der Waals surface area contributed by atoms with E-state index in [9.17, 15) is 9.59 Å². The van der Waals surface area contributed by atoms with Gasteiger partial charge < -0.3 is 19.2 Å². The van der Waals surface area contributed by atoms with Crippen molar-refractivity contribution in [2.24, 2.45) is 0 Å². The number of carbonyl (C=O) groups is 1. The normalized spacial score (nSPS) is 11.8. The van der Waals surface area contributed by atoms with E-state index < -0.39 is 11.5 Å². The number of hydrogen-bond acceptors (Lipinski definition) is 5. The summed E-state index contributed by atoms with van der Waals surface area (Å²) in [6.07, 6.45) is 0. The summed E-state index contributed by atoms with van der Waals surface area (Å²) in [6.45, 7) is 1.84. The maximum absolute atomic E-state index is 12.5. The molecule has 0 bridgehead atoms. The van der Waals surface area contributed by atoms with Crippen LogP contribution in [0.1, 0.15) is 28.9 Å². The fourth-order valence-corrected chi connectivity index (χ4v) is 2.64. The Bertz CT molecular complexity index is 991. The maximum atomic E-state index is 12.5. The van der Waals surface area contributed by atoms with Crippen LogP contribution in [0.5, 0.6) is 11.5 Å². The van der Waals surface area contributed by atoms with Crippen LogP contribution in [0.3, 0.4) is 0 Å². The lowest BCUT2D eigenvalue weighted by atomic mass is 10.1. The van der Waals surface area contributed by atoms with Crippen molar-refractivity contribution in [3.63, 3.8) is 0 Å². The molecule has 0 radical (unpaired) electrons. The highest BCUT2D eigenvalue weighted by Gasteiger charge is 2.17. The second kappa shape index (κ2) is 7.31. The van der Waals surface area contributed by atoms with Gasteiger partial charge in [-0.2, -0.15) is 0 Å². The van der Waals surface area contributed by atoms with Crippen LogP contribution < -0.4 is 20.4 Å². The van der Waals surface area contributed by atoms with E-state index in [1.807, 2.05) is 31.2 Å². The number of methoxy groups -OCH3 is 2. The average Bonchev–Trinajstić information content (AvgIpc) is 2.67. The fourth-order valence-electron chi connectivity index (χ4n) is 2.64. The Hall–Kier alpha value is -3.28. The predicted octanol–water partition coefficient (Wildman–Crippen LogP) is 3.30. The summed E-state index contributed by atoms with van der Waals surface area (Å²) in [5, 5.41) is 3.43. The number of ether oxygens (including phenoxy) is 2. The van der Waals surface area contributed by atoms with Crippen LogP contribution in [0.25, 0.3) is 11.0 Å². The Morgan fingerprint density at radius 3 is 2.31 bits per heavy atom. The lowest BCUT2D eigenvalue weighted by molar-refractivity contribution is 0.0936. The number of nitrogens with one attached hydrogen (secondary N) is 1. The number of amides is 1. The van der Waals surface area contributed by atoms with E-state index in [0.717, 1.165) is 11.3 Å². The molecule has 1 amide bonds.